The van der Waals surface area contributed by atoms with Crippen LogP contribution in [-0.2, 0) is 9.59 Å². The molecule has 2 saturated heterocycles. The van der Waals surface area contributed by atoms with Gasteiger partial charge in [-0.2, -0.15) is 0 Å². The molecular weight excluding hydrogens is 330 g/mol. The number of piperidine rings is 1. The molecule has 8 nitrogen and oxygen atoms in total. The second-order valence-corrected chi connectivity index (χ2v) is 7.14. The maximum Gasteiger partial charge on any atom is 0.388 e. The fourth-order valence-corrected chi connectivity index (χ4v) is 4.11. The number of thioether (sulfide) groups is 1. The Morgan fingerprint density at radius 3 is 2.54 bits per heavy atom. The van der Waals surface area contributed by atoms with Gasteiger partial charge in [0, 0.05) is 20.1 Å². The minimum Gasteiger partial charge on any atom is -0.342 e. The summed E-state index contributed by atoms with van der Waals surface area (Å²) in [7, 11) is 4.86. The molecule has 3 rings (SSSR count). The summed E-state index contributed by atoms with van der Waals surface area (Å²) in [5.74, 6) is 0.614. The molecule has 0 spiro atoms. The smallest absolute Gasteiger partial charge is 0.342 e. The van der Waals surface area contributed by atoms with Crippen molar-refractivity contribution in [1.82, 2.24) is 14.7 Å². The summed E-state index contributed by atoms with van der Waals surface area (Å²) in [6.45, 7) is 1.64. The zero-order chi connectivity index (χ0) is 17.4. The number of urea groups is 1. The van der Waals surface area contributed by atoms with E-state index in [-0.39, 0.29) is 17.8 Å². The van der Waals surface area contributed by atoms with Crippen LogP contribution >= 0.6 is 11.8 Å². The molecule has 0 aromatic carbocycles. The molecule has 9 heteroatoms. The highest BCUT2D eigenvalue weighted by Gasteiger charge is 2.51. The van der Waals surface area contributed by atoms with Crippen molar-refractivity contribution < 1.29 is 19.0 Å². The summed E-state index contributed by atoms with van der Waals surface area (Å²) in [6.07, 6.45) is 3.30. The molecule has 0 N–H and O–H groups in total. The van der Waals surface area contributed by atoms with E-state index in [1.54, 1.807) is 18.7 Å². The Kier molecular flexibility index (Phi) is 4.62. The predicted octanol–water partition coefficient (Wildman–Crippen LogP) is 0.0349. The van der Waals surface area contributed by atoms with E-state index in [0.29, 0.717) is 16.8 Å². The normalized spacial score (nSPS) is 24.5. The van der Waals surface area contributed by atoms with E-state index in [1.807, 2.05) is 4.90 Å². The van der Waals surface area contributed by atoms with Gasteiger partial charge in [0.05, 0.1) is 19.8 Å². The molecule has 1 atom stereocenters. The highest BCUT2D eigenvalue weighted by Crippen LogP contribution is 2.22. The second kappa shape index (κ2) is 6.54. The number of carbonyl (C=O) groups is 3. The van der Waals surface area contributed by atoms with Gasteiger partial charge in [-0.1, -0.05) is 0 Å². The fourth-order valence-electron chi connectivity index (χ4n) is 3.21. The third kappa shape index (κ3) is 2.81. The van der Waals surface area contributed by atoms with Crippen LogP contribution in [0.15, 0.2) is 4.99 Å². The fraction of sp³-hybridized carbons (Fsp3) is 0.667. The number of nitrogens with zero attached hydrogens (tertiary/aromatic N) is 5. The molecule has 0 aliphatic carbocycles. The van der Waals surface area contributed by atoms with Crippen molar-refractivity contribution in [2.45, 2.75) is 25.3 Å². The number of aliphatic imine (C=N–C) groups is 1. The SMILES string of the molecule is CN1C(=O)C2N=C(SCC(=O)N3CCCCC3)[N+](C)=C2N(C)C1=O. The van der Waals surface area contributed by atoms with Gasteiger partial charge in [-0.15, -0.1) is 4.99 Å². The zero-order valence-corrected chi connectivity index (χ0v) is 15.0. The van der Waals surface area contributed by atoms with Crippen molar-refractivity contribution in [1.29, 1.82) is 0 Å². The van der Waals surface area contributed by atoms with Crippen LogP contribution < -0.4 is 0 Å². The molecule has 0 radical (unpaired) electrons. The largest absolute Gasteiger partial charge is 0.388 e. The summed E-state index contributed by atoms with van der Waals surface area (Å²) in [5, 5.41) is 0.601. The molecule has 3 aliphatic rings. The van der Waals surface area contributed by atoms with Crippen LogP contribution in [0.5, 0.6) is 0 Å². The molecular formula is C15H22N5O3S+. The summed E-state index contributed by atoms with van der Waals surface area (Å²) in [4.78, 5) is 45.5. The molecule has 3 heterocycles. The number of carbonyl (C=O) groups excluding carboxylic acids is 3. The molecule has 2 fully saturated rings. The van der Waals surface area contributed by atoms with Gasteiger partial charge in [0.1, 0.15) is 0 Å². The first-order valence-corrected chi connectivity index (χ1v) is 9.04. The van der Waals surface area contributed by atoms with Crippen LogP contribution in [0.4, 0.5) is 4.79 Å². The lowest BCUT2D eigenvalue weighted by atomic mass is 10.1. The summed E-state index contributed by atoms with van der Waals surface area (Å²) in [5.41, 5.74) is 0. The Balaban J connectivity index is 1.71. The first kappa shape index (κ1) is 16.9. The number of fused-ring (bicyclic) bond motifs is 1. The lowest BCUT2D eigenvalue weighted by Gasteiger charge is -2.27. The van der Waals surface area contributed by atoms with Crippen LogP contribution in [0.25, 0.3) is 0 Å². The number of hydrogen-bond donors (Lipinski definition) is 0. The van der Waals surface area contributed by atoms with Crippen molar-refractivity contribution in [2.24, 2.45) is 4.99 Å². The first-order chi connectivity index (χ1) is 11.4. The van der Waals surface area contributed by atoms with E-state index in [4.69, 9.17) is 0 Å². The van der Waals surface area contributed by atoms with Gasteiger partial charge in [0.15, 0.2) is 0 Å². The maximum absolute atomic E-state index is 12.3. The van der Waals surface area contributed by atoms with E-state index in [9.17, 15) is 14.4 Å². The standard InChI is InChI=1S/C15H22N5O3S/c1-17-12-11(13(22)19(3)15(23)18(12)2)16-14(17)24-9-10(21)20-7-5-4-6-8-20/h11H,4-9H2,1-3H3/q+1. The number of imide groups is 1. The quantitative estimate of drug-likeness (QED) is 0.658. The molecule has 0 aromatic heterocycles. The average molecular weight is 352 g/mol. The van der Waals surface area contributed by atoms with Crippen molar-refractivity contribution in [3.63, 3.8) is 0 Å². The van der Waals surface area contributed by atoms with Gasteiger partial charge in [-0.25, -0.2) is 14.3 Å². The average Bonchev–Trinajstić information content (AvgIpc) is 2.93. The summed E-state index contributed by atoms with van der Waals surface area (Å²) < 4.78 is 1.74. The van der Waals surface area contributed by atoms with E-state index in [1.165, 1.54) is 30.1 Å². The lowest BCUT2D eigenvalue weighted by molar-refractivity contribution is -0.367. The van der Waals surface area contributed by atoms with Gasteiger partial charge in [-0.3, -0.25) is 14.5 Å². The third-order valence-corrected chi connectivity index (χ3v) is 5.66. The van der Waals surface area contributed by atoms with E-state index < -0.39 is 6.04 Å². The monoisotopic (exact) mass is 352 g/mol. The molecule has 24 heavy (non-hydrogen) atoms. The van der Waals surface area contributed by atoms with Gasteiger partial charge in [0.25, 0.3) is 23.0 Å². The molecule has 130 valence electrons. The van der Waals surface area contributed by atoms with Gasteiger partial charge >= 0.3 is 6.03 Å². The number of likely N-dealkylation sites (tertiary alicyclic amines) is 1. The molecule has 0 aromatic rings. The Hall–Kier alpha value is -1.90. The van der Waals surface area contributed by atoms with E-state index in [0.717, 1.165) is 30.8 Å². The Labute approximate surface area is 145 Å². The highest BCUT2D eigenvalue weighted by molar-refractivity contribution is 8.13. The number of hydrogen-bond acceptors (Lipinski definition) is 5. The van der Waals surface area contributed by atoms with Crippen molar-refractivity contribution >= 4 is 40.6 Å². The van der Waals surface area contributed by atoms with Crippen LogP contribution in [0.2, 0.25) is 0 Å². The third-order valence-electron chi connectivity index (χ3n) is 4.63. The van der Waals surface area contributed by atoms with Crippen molar-refractivity contribution in [3.8, 4) is 0 Å². The second-order valence-electron chi connectivity index (χ2n) is 6.20. The Morgan fingerprint density at radius 1 is 1.21 bits per heavy atom. The van der Waals surface area contributed by atoms with Crippen LogP contribution in [0.1, 0.15) is 19.3 Å². The van der Waals surface area contributed by atoms with Gasteiger partial charge < -0.3 is 4.90 Å². The van der Waals surface area contributed by atoms with Crippen LogP contribution in [0.3, 0.4) is 0 Å². The number of amides is 4. The van der Waals surface area contributed by atoms with Crippen LogP contribution in [0, 0.1) is 0 Å². The highest BCUT2D eigenvalue weighted by atomic mass is 32.2. The summed E-state index contributed by atoms with van der Waals surface area (Å²) >= 11 is 1.32. The van der Waals surface area contributed by atoms with E-state index in [2.05, 4.69) is 4.99 Å². The minimum absolute atomic E-state index is 0.101. The van der Waals surface area contributed by atoms with E-state index >= 15 is 0 Å². The minimum atomic E-state index is -0.699. The maximum atomic E-state index is 12.3. The van der Waals surface area contributed by atoms with Gasteiger partial charge in [-0.05, 0) is 31.0 Å². The molecule has 4 amide bonds. The van der Waals surface area contributed by atoms with Gasteiger partial charge in [0.2, 0.25) is 5.91 Å². The molecule has 3 aliphatic heterocycles. The lowest BCUT2D eigenvalue weighted by Crippen LogP contribution is -2.59. The van der Waals surface area contributed by atoms with Crippen molar-refractivity contribution in [3.05, 3.63) is 0 Å². The van der Waals surface area contributed by atoms with Crippen molar-refractivity contribution in [2.75, 3.05) is 40.0 Å². The summed E-state index contributed by atoms with van der Waals surface area (Å²) in [6, 6.07) is -1.07. The Bertz CT molecular complexity index is 653. The topological polar surface area (TPSA) is 76.3 Å². The van der Waals surface area contributed by atoms with Crippen LogP contribution in [-0.4, -0.2) is 94.2 Å². The Morgan fingerprint density at radius 2 is 1.88 bits per heavy atom. The molecule has 0 bridgehead atoms. The number of likely N-dealkylation sites (N-methyl/N-ethyl adjacent to an activating group) is 2. The number of amidine groups is 2. The first-order valence-electron chi connectivity index (χ1n) is 8.06. The zero-order valence-electron chi connectivity index (χ0n) is 14.2. The predicted molar refractivity (Wildman–Crippen MR) is 91.2 cm³/mol. The molecule has 0 saturated carbocycles. The molecule has 1 unspecified atom stereocenters. The number of rotatable bonds is 2.